The van der Waals surface area contributed by atoms with E-state index >= 15 is 0 Å². The van der Waals surface area contributed by atoms with Crippen LogP contribution in [0.4, 0.5) is 0 Å². The maximum atomic E-state index is 11.5. The van der Waals surface area contributed by atoms with E-state index in [1.54, 1.807) is 24.3 Å². The molecule has 0 amide bonds. The number of aliphatic carboxylic acids is 1. The van der Waals surface area contributed by atoms with Gasteiger partial charge in [-0.25, -0.2) is 0 Å². The second-order valence-corrected chi connectivity index (χ2v) is 9.08. The Bertz CT molecular complexity index is 1230. The molecule has 0 aromatic heterocycles. The SMILES string of the molecule is COc1ccc2c(c1O)O[C@H]1c3ccc(O[C@@H]4O[C@H](COC(=O)CC(=O)O)[C@@H](O)[C@H](O)[C@H]4O)cc3OC[C@@H]21. The highest BCUT2D eigenvalue weighted by Gasteiger charge is 2.46. The van der Waals surface area contributed by atoms with E-state index in [0.717, 1.165) is 5.56 Å². The molecule has 0 bridgehead atoms. The highest BCUT2D eigenvalue weighted by Crippen LogP contribution is 2.56. The Hall–Kier alpha value is -3.78. The molecule has 2 aromatic carbocycles. The molecule has 38 heavy (non-hydrogen) atoms. The van der Waals surface area contributed by atoms with Crippen molar-refractivity contribution in [1.82, 2.24) is 0 Å². The molecule has 13 nitrogen and oxygen atoms in total. The van der Waals surface area contributed by atoms with Crippen LogP contribution in [-0.2, 0) is 19.1 Å². The summed E-state index contributed by atoms with van der Waals surface area (Å²) in [5, 5.41) is 50.0. The van der Waals surface area contributed by atoms with E-state index in [4.69, 9.17) is 33.5 Å². The first kappa shape index (κ1) is 25.9. The summed E-state index contributed by atoms with van der Waals surface area (Å²) in [6, 6.07) is 8.31. The quantitative estimate of drug-likeness (QED) is 0.240. The van der Waals surface area contributed by atoms with Gasteiger partial charge in [-0.1, -0.05) is 6.07 Å². The van der Waals surface area contributed by atoms with Crippen molar-refractivity contribution in [3.05, 3.63) is 41.5 Å². The van der Waals surface area contributed by atoms with Crippen LogP contribution < -0.4 is 18.9 Å². The largest absolute Gasteiger partial charge is 0.502 e. The lowest BCUT2D eigenvalue weighted by Gasteiger charge is -2.40. The zero-order valence-electron chi connectivity index (χ0n) is 20.1. The summed E-state index contributed by atoms with van der Waals surface area (Å²) >= 11 is 0. The molecule has 204 valence electrons. The Morgan fingerprint density at radius 1 is 1.05 bits per heavy atom. The van der Waals surface area contributed by atoms with Gasteiger partial charge < -0.3 is 54.0 Å². The van der Waals surface area contributed by atoms with E-state index in [-0.39, 0.29) is 24.0 Å². The number of fused-ring (bicyclic) bond motifs is 5. The standard InChI is InChI=1S/C25H26O13/c1-33-14-5-4-11-13-8-34-15-6-10(2-3-12(15)23(13)38-24(11)20(14)30)36-25-22(32)21(31)19(29)16(37-25)9-35-18(28)7-17(26)27/h2-6,13,16,19,21-23,25,29-32H,7-9H2,1H3,(H,26,27)/t13-,16+,19+,21-,22+,23-,25+/m0/s1. The number of aliphatic hydroxyl groups excluding tert-OH is 3. The minimum atomic E-state index is -1.69. The highest BCUT2D eigenvalue weighted by molar-refractivity contribution is 5.90. The number of aromatic hydroxyl groups is 1. The number of ether oxygens (including phenoxy) is 6. The van der Waals surface area contributed by atoms with Gasteiger partial charge in [0.15, 0.2) is 11.5 Å². The van der Waals surface area contributed by atoms with Gasteiger partial charge in [-0.2, -0.15) is 0 Å². The Morgan fingerprint density at radius 2 is 1.82 bits per heavy atom. The van der Waals surface area contributed by atoms with Crippen LogP contribution in [0.15, 0.2) is 30.3 Å². The number of aliphatic hydroxyl groups is 3. The van der Waals surface area contributed by atoms with Gasteiger partial charge in [0.1, 0.15) is 55.0 Å². The molecule has 0 unspecified atom stereocenters. The summed E-state index contributed by atoms with van der Waals surface area (Å²) in [5.41, 5.74) is 1.49. The van der Waals surface area contributed by atoms with Gasteiger partial charge in [0, 0.05) is 17.2 Å². The van der Waals surface area contributed by atoms with E-state index in [1.807, 2.05) is 6.07 Å². The van der Waals surface area contributed by atoms with Gasteiger partial charge in [0.05, 0.1) is 19.6 Å². The smallest absolute Gasteiger partial charge is 0.317 e. The molecule has 3 aliphatic heterocycles. The molecule has 7 atom stereocenters. The van der Waals surface area contributed by atoms with Crippen molar-refractivity contribution < 1.29 is 63.5 Å². The lowest BCUT2D eigenvalue weighted by atomic mass is 9.89. The molecule has 3 aliphatic rings. The zero-order chi connectivity index (χ0) is 27.1. The second kappa shape index (κ2) is 10.2. The molecule has 5 rings (SSSR count). The van der Waals surface area contributed by atoms with Crippen LogP contribution in [0.2, 0.25) is 0 Å². The van der Waals surface area contributed by atoms with Crippen LogP contribution in [-0.4, -0.2) is 88.5 Å². The van der Waals surface area contributed by atoms with Crippen molar-refractivity contribution in [2.24, 2.45) is 0 Å². The maximum absolute atomic E-state index is 11.5. The summed E-state index contributed by atoms with van der Waals surface area (Å²) < 4.78 is 33.2. The molecule has 13 heteroatoms. The summed E-state index contributed by atoms with van der Waals surface area (Å²) in [6.07, 6.45) is -9.03. The highest BCUT2D eigenvalue weighted by atomic mass is 16.7. The number of carboxylic acids is 1. The first-order chi connectivity index (χ1) is 18.2. The minimum Gasteiger partial charge on any atom is -0.502 e. The number of methoxy groups -OCH3 is 1. The van der Waals surface area contributed by atoms with Crippen molar-refractivity contribution in [2.75, 3.05) is 20.3 Å². The minimum absolute atomic E-state index is 0.0896. The van der Waals surface area contributed by atoms with Gasteiger partial charge in [0.25, 0.3) is 0 Å². The van der Waals surface area contributed by atoms with Gasteiger partial charge in [-0.05, 0) is 18.2 Å². The maximum Gasteiger partial charge on any atom is 0.317 e. The molecule has 1 saturated heterocycles. The molecule has 0 aliphatic carbocycles. The average molecular weight is 534 g/mol. The number of phenolic OH excluding ortho intramolecular Hbond substituents is 1. The van der Waals surface area contributed by atoms with E-state index in [9.17, 15) is 30.0 Å². The van der Waals surface area contributed by atoms with Crippen LogP contribution in [0.3, 0.4) is 0 Å². The number of carbonyl (C=O) groups excluding carboxylic acids is 1. The predicted octanol–water partition coefficient (Wildman–Crippen LogP) is 0.215. The number of carboxylic acid groups (broad SMARTS) is 1. The molecule has 0 saturated carbocycles. The first-order valence-corrected chi connectivity index (χ1v) is 11.7. The molecule has 0 radical (unpaired) electrons. The molecular formula is C25H26O13. The molecule has 0 spiro atoms. The first-order valence-electron chi connectivity index (χ1n) is 11.7. The fourth-order valence-electron chi connectivity index (χ4n) is 4.74. The number of hydrogen-bond donors (Lipinski definition) is 5. The molecule has 5 N–H and O–H groups in total. The third-order valence-electron chi connectivity index (χ3n) is 6.69. The normalized spacial score (nSPS) is 29.1. The summed E-state index contributed by atoms with van der Waals surface area (Å²) in [7, 11) is 1.45. The number of benzene rings is 2. The van der Waals surface area contributed by atoms with Gasteiger partial charge in [0.2, 0.25) is 12.0 Å². The van der Waals surface area contributed by atoms with Crippen LogP contribution in [0.5, 0.6) is 28.7 Å². The van der Waals surface area contributed by atoms with Crippen LogP contribution >= 0.6 is 0 Å². The molecule has 3 heterocycles. The Kier molecular flexibility index (Phi) is 6.92. The summed E-state index contributed by atoms with van der Waals surface area (Å²) in [5.74, 6) is -1.43. The van der Waals surface area contributed by atoms with Crippen molar-refractivity contribution >= 4 is 11.9 Å². The molecular weight excluding hydrogens is 508 g/mol. The van der Waals surface area contributed by atoms with Crippen LogP contribution in [0.25, 0.3) is 0 Å². The lowest BCUT2D eigenvalue weighted by Crippen LogP contribution is -2.60. The Balaban J connectivity index is 1.29. The van der Waals surface area contributed by atoms with E-state index in [2.05, 4.69) is 0 Å². The van der Waals surface area contributed by atoms with Crippen molar-refractivity contribution in [3.63, 3.8) is 0 Å². The van der Waals surface area contributed by atoms with E-state index in [1.165, 1.54) is 7.11 Å². The summed E-state index contributed by atoms with van der Waals surface area (Å²) in [6.45, 7) is -0.306. The van der Waals surface area contributed by atoms with Gasteiger partial charge in [-0.15, -0.1) is 0 Å². The Morgan fingerprint density at radius 3 is 2.55 bits per heavy atom. The van der Waals surface area contributed by atoms with Crippen LogP contribution in [0.1, 0.15) is 29.6 Å². The predicted molar refractivity (Wildman–Crippen MR) is 123 cm³/mol. The second-order valence-electron chi connectivity index (χ2n) is 9.08. The third kappa shape index (κ3) is 4.65. The van der Waals surface area contributed by atoms with E-state index < -0.39 is 61.8 Å². The number of esters is 1. The van der Waals surface area contributed by atoms with Crippen molar-refractivity contribution in [3.8, 4) is 28.7 Å². The Labute approximate surface area is 215 Å². The zero-order valence-corrected chi connectivity index (χ0v) is 20.1. The fraction of sp³-hybridized carbons (Fsp3) is 0.440. The van der Waals surface area contributed by atoms with Crippen molar-refractivity contribution in [1.29, 1.82) is 0 Å². The average Bonchev–Trinajstić information content (AvgIpc) is 3.28. The van der Waals surface area contributed by atoms with E-state index in [0.29, 0.717) is 22.8 Å². The molecule has 2 aromatic rings. The topological polar surface area (TPSA) is 191 Å². The third-order valence-corrected chi connectivity index (χ3v) is 6.69. The summed E-state index contributed by atoms with van der Waals surface area (Å²) in [4.78, 5) is 22.2. The number of phenols is 1. The van der Waals surface area contributed by atoms with Crippen molar-refractivity contribution in [2.45, 2.75) is 49.1 Å². The fourth-order valence-corrected chi connectivity index (χ4v) is 4.74. The number of rotatable bonds is 7. The van der Waals surface area contributed by atoms with Gasteiger partial charge in [-0.3, -0.25) is 9.59 Å². The lowest BCUT2D eigenvalue weighted by molar-refractivity contribution is -0.278. The monoisotopic (exact) mass is 534 g/mol. The van der Waals surface area contributed by atoms with Gasteiger partial charge >= 0.3 is 11.9 Å². The molecule has 1 fully saturated rings. The number of hydrogen-bond acceptors (Lipinski definition) is 12. The van der Waals surface area contributed by atoms with Crippen LogP contribution in [0, 0.1) is 0 Å². The number of carbonyl (C=O) groups is 2.